The van der Waals surface area contributed by atoms with Crippen molar-refractivity contribution >= 4 is 45.7 Å². The second kappa shape index (κ2) is 6.57. The minimum Gasteiger partial charge on any atom is -0.465 e. The Morgan fingerprint density at radius 3 is 2.76 bits per heavy atom. The van der Waals surface area contributed by atoms with Gasteiger partial charge in [-0.15, -0.1) is 11.3 Å². The van der Waals surface area contributed by atoms with Crippen molar-refractivity contribution in [1.29, 1.82) is 0 Å². The van der Waals surface area contributed by atoms with Crippen molar-refractivity contribution in [3.05, 3.63) is 10.4 Å². The van der Waals surface area contributed by atoms with Gasteiger partial charge in [0.05, 0.1) is 12.8 Å². The summed E-state index contributed by atoms with van der Waals surface area (Å²) in [5.41, 5.74) is 11.7. The van der Waals surface area contributed by atoms with E-state index in [1.54, 1.807) is 0 Å². The molecule has 0 spiro atoms. The van der Waals surface area contributed by atoms with E-state index in [-0.39, 0.29) is 16.1 Å². The van der Waals surface area contributed by atoms with Crippen molar-refractivity contribution in [3.63, 3.8) is 0 Å². The lowest BCUT2D eigenvalue weighted by molar-refractivity contribution is 0.0603. The average molecular weight is 329 g/mol. The molecule has 1 unspecified atom stereocenters. The van der Waals surface area contributed by atoms with Gasteiger partial charge in [-0.2, -0.15) is 11.8 Å². The summed E-state index contributed by atoms with van der Waals surface area (Å²) in [4.78, 5) is 25.8. The first-order valence-electron chi connectivity index (χ1n) is 6.66. The Labute approximate surface area is 131 Å². The highest BCUT2D eigenvalue weighted by Crippen LogP contribution is 2.40. The molecule has 1 atom stereocenters. The topological polar surface area (TPSA) is 98.6 Å². The second-order valence-electron chi connectivity index (χ2n) is 4.73. The van der Waals surface area contributed by atoms with Gasteiger partial charge in [0.25, 0.3) is 5.91 Å². The molecule has 4 N–H and O–H groups in total. The number of ether oxygens (including phenoxy) is 1. The van der Waals surface area contributed by atoms with Gasteiger partial charge in [0.1, 0.15) is 15.4 Å². The molecule has 1 amide bonds. The fourth-order valence-corrected chi connectivity index (χ4v) is 4.56. The van der Waals surface area contributed by atoms with Crippen molar-refractivity contribution in [2.75, 3.05) is 36.6 Å². The Morgan fingerprint density at radius 2 is 2.19 bits per heavy atom. The van der Waals surface area contributed by atoms with Crippen molar-refractivity contribution in [2.45, 2.75) is 18.6 Å². The lowest BCUT2D eigenvalue weighted by Gasteiger charge is -2.33. The predicted molar refractivity (Wildman–Crippen MR) is 87.3 cm³/mol. The number of nitrogens with zero attached hydrogens (tertiary/aromatic N) is 1. The average Bonchev–Trinajstić information content (AvgIpc) is 2.84. The van der Waals surface area contributed by atoms with Crippen molar-refractivity contribution in [1.82, 2.24) is 0 Å². The zero-order chi connectivity index (χ0) is 15.6. The van der Waals surface area contributed by atoms with Crippen LogP contribution in [0.3, 0.4) is 0 Å². The van der Waals surface area contributed by atoms with Crippen LogP contribution in [-0.4, -0.2) is 43.1 Å². The van der Waals surface area contributed by atoms with Crippen LogP contribution in [0.1, 0.15) is 33.4 Å². The lowest BCUT2D eigenvalue weighted by Crippen LogP contribution is -2.37. The zero-order valence-corrected chi connectivity index (χ0v) is 13.7. The summed E-state index contributed by atoms with van der Waals surface area (Å²) >= 11 is 3.10. The number of thiophene rings is 1. The Kier molecular flexibility index (Phi) is 5.00. The lowest BCUT2D eigenvalue weighted by atomic mass is 10.2. The smallest absolute Gasteiger partial charge is 0.343 e. The number of hydrogen-bond donors (Lipinski definition) is 2. The van der Waals surface area contributed by atoms with Crippen LogP contribution in [0.25, 0.3) is 0 Å². The number of primary amides is 1. The fourth-order valence-electron chi connectivity index (χ4n) is 2.29. The number of carbonyl (C=O) groups excluding carboxylic acids is 2. The summed E-state index contributed by atoms with van der Waals surface area (Å²) in [6, 6.07) is 0. The molecule has 116 valence electrons. The van der Waals surface area contributed by atoms with Crippen LogP contribution >= 0.6 is 23.1 Å². The molecule has 0 bridgehead atoms. The first-order chi connectivity index (χ1) is 9.99. The first-order valence-corrected chi connectivity index (χ1v) is 8.53. The minimum absolute atomic E-state index is 0.126. The van der Waals surface area contributed by atoms with Crippen molar-refractivity contribution in [2.24, 2.45) is 5.73 Å². The van der Waals surface area contributed by atoms with E-state index in [4.69, 9.17) is 16.2 Å². The van der Waals surface area contributed by atoms with Gasteiger partial charge in [0, 0.05) is 24.1 Å². The molecule has 2 rings (SSSR count). The third-order valence-corrected chi connectivity index (χ3v) is 6.07. The minimum atomic E-state index is -0.618. The van der Waals surface area contributed by atoms with Gasteiger partial charge >= 0.3 is 5.97 Å². The van der Waals surface area contributed by atoms with Crippen LogP contribution in [0.4, 0.5) is 10.7 Å². The maximum Gasteiger partial charge on any atom is 0.343 e. The van der Waals surface area contributed by atoms with Gasteiger partial charge in [-0.3, -0.25) is 4.79 Å². The van der Waals surface area contributed by atoms with Crippen molar-refractivity contribution < 1.29 is 14.3 Å². The van der Waals surface area contributed by atoms with E-state index in [9.17, 15) is 9.59 Å². The third kappa shape index (κ3) is 3.11. The number of nitrogens with two attached hydrogens (primary N) is 2. The van der Waals surface area contributed by atoms with E-state index in [0.717, 1.165) is 25.3 Å². The second-order valence-corrected chi connectivity index (χ2v) is 7.14. The van der Waals surface area contributed by atoms with Crippen LogP contribution in [-0.2, 0) is 4.74 Å². The number of hydrogen-bond acceptors (Lipinski definition) is 7. The monoisotopic (exact) mass is 329 g/mol. The van der Waals surface area contributed by atoms with Gasteiger partial charge in [-0.1, -0.05) is 6.92 Å². The molecule has 2 heterocycles. The molecule has 1 aliphatic rings. The number of esters is 1. The van der Waals surface area contributed by atoms with E-state index < -0.39 is 11.9 Å². The molecule has 21 heavy (non-hydrogen) atoms. The maximum atomic E-state index is 12.0. The number of methoxy groups -OCH3 is 1. The number of amides is 1. The summed E-state index contributed by atoms with van der Waals surface area (Å²) in [5.74, 6) is -0.173. The zero-order valence-electron chi connectivity index (χ0n) is 12.0. The van der Waals surface area contributed by atoms with Crippen LogP contribution in [0, 0.1) is 0 Å². The van der Waals surface area contributed by atoms with Crippen LogP contribution < -0.4 is 16.4 Å². The number of anilines is 2. The summed E-state index contributed by atoms with van der Waals surface area (Å²) < 4.78 is 4.80. The summed E-state index contributed by atoms with van der Waals surface area (Å²) in [7, 11) is 1.30. The van der Waals surface area contributed by atoms with Gasteiger partial charge < -0.3 is 21.1 Å². The van der Waals surface area contributed by atoms with Gasteiger partial charge in [0.2, 0.25) is 0 Å². The molecule has 6 nitrogen and oxygen atoms in total. The van der Waals surface area contributed by atoms with E-state index in [1.807, 2.05) is 11.8 Å². The molecule has 0 saturated carbocycles. The normalized spacial score (nSPS) is 18.6. The molecule has 1 aromatic heterocycles. The van der Waals surface area contributed by atoms with E-state index >= 15 is 0 Å². The molecule has 1 aromatic rings. The van der Waals surface area contributed by atoms with Gasteiger partial charge in [-0.25, -0.2) is 4.79 Å². The Morgan fingerprint density at radius 1 is 1.48 bits per heavy atom. The van der Waals surface area contributed by atoms with Gasteiger partial charge in [-0.05, 0) is 6.42 Å². The maximum absolute atomic E-state index is 12.0. The van der Waals surface area contributed by atoms with Crippen LogP contribution in [0.15, 0.2) is 0 Å². The highest BCUT2D eigenvalue weighted by atomic mass is 32.2. The Bertz CT molecular complexity index is 559. The van der Waals surface area contributed by atoms with E-state index in [2.05, 4.69) is 11.8 Å². The summed E-state index contributed by atoms with van der Waals surface area (Å²) in [6.45, 7) is 3.77. The largest absolute Gasteiger partial charge is 0.465 e. The first kappa shape index (κ1) is 16.0. The summed E-state index contributed by atoms with van der Waals surface area (Å²) in [5, 5.41) is 1.19. The Balaban J connectivity index is 2.44. The van der Waals surface area contributed by atoms with Crippen molar-refractivity contribution in [3.8, 4) is 0 Å². The molecule has 0 aromatic carbocycles. The molecule has 0 aliphatic carbocycles. The molecule has 0 radical (unpaired) electrons. The highest BCUT2D eigenvalue weighted by Gasteiger charge is 2.30. The summed E-state index contributed by atoms with van der Waals surface area (Å²) in [6.07, 6.45) is 1.05. The van der Waals surface area contributed by atoms with E-state index in [0.29, 0.717) is 10.3 Å². The number of rotatable bonds is 4. The third-order valence-electron chi connectivity index (χ3n) is 3.42. The van der Waals surface area contributed by atoms with E-state index in [1.165, 1.54) is 18.4 Å². The highest BCUT2D eigenvalue weighted by molar-refractivity contribution is 8.00. The predicted octanol–water partition coefficient (Wildman–Crippen LogP) is 1.55. The molecule has 1 aliphatic heterocycles. The van der Waals surface area contributed by atoms with Gasteiger partial charge in [0.15, 0.2) is 0 Å². The van der Waals surface area contributed by atoms with Crippen LogP contribution in [0.2, 0.25) is 0 Å². The number of nitrogen functional groups attached to an aromatic ring is 1. The molecular formula is C13H19N3O3S2. The molecular weight excluding hydrogens is 310 g/mol. The molecule has 1 saturated heterocycles. The van der Waals surface area contributed by atoms with Crippen LogP contribution in [0.5, 0.6) is 0 Å². The number of thioether (sulfide) groups is 1. The fraction of sp³-hybridized carbons (Fsp3) is 0.538. The molecule has 8 heteroatoms. The standard InChI is InChI=1S/C13H19N3O3S2/c1-3-7-6-16(4-5-20-7)12-8(13(18)19-2)9(14)10(21-12)11(15)17/h7H,3-6,14H2,1-2H3,(H2,15,17). The number of carbonyl (C=O) groups is 2. The molecule has 1 fully saturated rings. The SMILES string of the molecule is CCC1CN(c2sc(C(N)=O)c(N)c2C(=O)OC)CCS1. The Hall–Kier alpha value is -1.41. The quantitative estimate of drug-likeness (QED) is 0.813.